The van der Waals surface area contributed by atoms with Crippen molar-refractivity contribution < 1.29 is 0 Å². The summed E-state index contributed by atoms with van der Waals surface area (Å²) in [5.74, 6) is 0. The van der Waals surface area contributed by atoms with E-state index in [1.165, 1.54) is 21.9 Å². The Morgan fingerprint density at radius 1 is 0.960 bits per heavy atom. The number of rotatable bonds is 6. The second-order valence-corrected chi connectivity index (χ2v) is 6.83. The van der Waals surface area contributed by atoms with Gasteiger partial charge in [-0.05, 0) is 0 Å². The molecule has 3 heteroatoms. The third kappa shape index (κ3) is 3.00. The summed E-state index contributed by atoms with van der Waals surface area (Å²) in [7, 11) is 8.47. The van der Waals surface area contributed by atoms with Crippen molar-refractivity contribution in [2.24, 2.45) is 0 Å². The third-order valence-electron chi connectivity index (χ3n) is 5.10. The zero-order valence-electron chi connectivity index (χ0n) is 14.5. The first-order chi connectivity index (χ1) is 12.2. The minimum absolute atomic E-state index is 0.0439. The molecule has 3 aromatic rings. The predicted octanol–water partition coefficient (Wildman–Crippen LogP) is 3.48. The molecule has 2 nitrogen and oxygen atoms in total. The maximum absolute atomic E-state index is 6.51. The molecule has 0 aliphatic heterocycles. The molecule has 0 aromatic heterocycles. The van der Waals surface area contributed by atoms with Gasteiger partial charge in [0, 0.05) is 0 Å². The first-order valence-electron chi connectivity index (χ1n) is 8.85. The van der Waals surface area contributed by atoms with Gasteiger partial charge in [0.05, 0.1) is 0 Å². The fourth-order valence-corrected chi connectivity index (χ4v) is 3.68. The van der Waals surface area contributed by atoms with Gasteiger partial charge in [0.1, 0.15) is 0 Å². The molecular weight excluding hydrogens is 303 g/mol. The van der Waals surface area contributed by atoms with Crippen molar-refractivity contribution in [2.45, 2.75) is 24.9 Å². The molecule has 1 aliphatic rings. The summed E-state index contributed by atoms with van der Waals surface area (Å²) in [4.78, 5) is 0. The molecule has 123 valence electrons. The Kier molecular flexibility index (Phi) is 4.18. The average molecular weight is 325 g/mol. The van der Waals surface area contributed by atoms with Crippen LogP contribution in [0.2, 0.25) is 0 Å². The number of hydrogen-bond donors (Lipinski definition) is 2. The first-order valence-corrected chi connectivity index (χ1v) is 8.85. The van der Waals surface area contributed by atoms with Crippen LogP contribution in [-0.2, 0) is 12.1 Å². The van der Waals surface area contributed by atoms with Crippen LogP contribution in [0.1, 0.15) is 29.5 Å². The van der Waals surface area contributed by atoms with Crippen molar-refractivity contribution >= 4 is 23.8 Å². The van der Waals surface area contributed by atoms with Crippen molar-refractivity contribution in [1.29, 1.82) is 0 Å². The van der Waals surface area contributed by atoms with Crippen LogP contribution >= 0.6 is 0 Å². The molecule has 25 heavy (non-hydrogen) atoms. The Hall–Kier alpha value is -2.39. The van der Waals surface area contributed by atoms with Gasteiger partial charge < -0.3 is 0 Å². The quantitative estimate of drug-likeness (QED) is 0.678. The Balaban J connectivity index is 1.67. The van der Waals surface area contributed by atoms with Gasteiger partial charge in [0.15, 0.2) is 0 Å². The second kappa shape index (κ2) is 6.49. The van der Waals surface area contributed by atoms with Gasteiger partial charge in [0.2, 0.25) is 0 Å². The molecule has 0 saturated heterocycles. The summed E-state index contributed by atoms with van der Waals surface area (Å²) in [6.07, 6.45) is 2.21. The van der Waals surface area contributed by atoms with E-state index in [1.807, 2.05) is 13.1 Å². The molecule has 3 aromatic carbocycles. The molecule has 0 atom stereocenters. The second-order valence-electron chi connectivity index (χ2n) is 6.83. The summed E-state index contributed by atoms with van der Waals surface area (Å²) < 4.78 is 0. The monoisotopic (exact) mass is 325 g/mol. The standard InChI is InChI=1S/C22H22BN2/c1-24-15-17-8-3-5-11-19(17)21(23)25-22(13-14-22)20-12-6-9-16-7-2-4-10-18(16)20/h2-12,24-25H,13-15H2,1H3. The molecular formula is C22H22BN2. The zero-order valence-corrected chi connectivity index (χ0v) is 14.5. The van der Waals surface area contributed by atoms with Gasteiger partial charge >= 0.3 is 150 Å². The van der Waals surface area contributed by atoms with E-state index in [9.17, 15) is 0 Å². The molecule has 0 amide bonds. The fourth-order valence-electron chi connectivity index (χ4n) is 3.68. The van der Waals surface area contributed by atoms with Crippen LogP contribution in [0.5, 0.6) is 0 Å². The Labute approximate surface area is 150 Å². The zero-order chi connectivity index (χ0) is 17.3. The maximum atomic E-state index is 6.51. The van der Waals surface area contributed by atoms with E-state index in [0.717, 1.165) is 30.5 Å². The molecule has 1 saturated carbocycles. The fraction of sp³-hybridized carbons (Fsp3) is 0.227. The van der Waals surface area contributed by atoms with Crippen molar-refractivity contribution in [3.8, 4) is 0 Å². The van der Waals surface area contributed by atoms with Crippen LogP contribution in [0.4, 0.5) is 0 Å². The van der Waals surface area contributed by atoms with E-state index in [-0.39, 0.29) is 5.54 Å². The van der Waals surface area contributed by atoms with Crippen LogP contribution in [0.3, 0.4) is 0 Å². The van der Waals surface area contributed by atoms with E-state index in [4.69, 9.17) is 7.49 Å². The van der Waals surface area contributed by atoms with E-state index in [2.05, 4.69) is 71.3 Å². The average Bonchev–Trinajstić information content (AvgIpc) is 3.42. The van der Waals surface area contributed by atoms with E-state index in [0.29, 0.717) is 0 Å². The molecule has 1 fully saturated rings. The van der Waals surface area contributed by atoms with Crippen LogP contribution < -0.4 is 10.6 Å². The topological polar surface area (TPSA) is 24.1 Å². The van der Waals surface area contributed by atoms with Crippen molar-refractivity contribution in [2.75, 3.05) is 7.05 Å². The molecule has 0 bridgehead atoms. The van der Waals surface area contributed by atoms with Crippen molar-refractivity contribution in [3.05, 3.63) is 83.4 Å². The van der Waals surface area contributed by atoms with Crippen LogP contribution in [0, 0.1) is 0 Å². The normalized spacial score (nSPS) is 15.0. The summed E-state index contributed by atoms with van der Waals surface area (Å²) in [5.41, 5.74) is 4.36. The summed E-state index contributed by atoms with van der Waals surface area (Å²) in [6, 6.07) is 23.4. The van der Waals surface area contributed by atoms with Crippen LogP contribution in [-0.4, -0.2) is 20.1 Å². The van der Waals surface area contributed by atoms with Crippen molar-refractivity contribution in [1.82, 2.24) is 10.6 Å². The molecule has 0 heterocycles. The Bertz CT molecular complexity index is 923. The third-order valence-corrected chi connectivity index (χ3v) is 5.10. The van der Waals surface area contributed by atoms with Gasteiger partial charge in [-0.3, -0.25) is 0 Å². The van der Waals surface area contributed by atoms with Crippen molar-refractivity contribution in [3.63, 3.8) is 0 Å². The van der Waals surface area contributed by atoms with Crippen LogP contribution in [0.25, 0.3) is 10.8 Å². The molecule has 1 aliphatic carbocycles. The number of hydrogen-bond acceptors (Lipinski definition) is 2. The minimum atomic E-state index is -0.0439. The predicted molar refractivity (Wildman–Crippen MR) is 107 cm³/mol. The van der Waals surface area contributed by atoms with E-state index < -0.39 is 0 Å². The SMILES string of the molecule is [B]=C(NC1(c2cccc3ccccc23)CC1)c1ccccc1CNC. The Morgan fingerprint density at radius 3 is 2.48 bits per heavy atom. The first kappa shape index (κ1) is 16.1. The van der Waals surface area contributed by atoms with Gasteiger partial charge in [0.25, 0.3) is 0 Å². The van der Waals surface area contributed by atoms with Gasteiger partial charge in [-0.25, -0.2) is 0 Å². The summed E-state index contributed by atoms with van der Waals surface area (Å²) in [6.45, 7) is 0.805. The van der Waals surface area contributed by atoms with Gasteiger partial charge in [-0.1, -0.05) is 0 Å². The summed E-state index contributed by atoms with van der Waals surface area (Å²) >= 11 is 0. The summed E-state index contributed by atoms with van der Waals surface area (Å²) in [5, 5.41) is 9.47. The molecule has 0 spiro atoms. The number of fused-ring (bicyclic) bond motifs is 1. The van der Waals surface area contributed by atoms with Gasteiger partial charge in [-0.15, -0.1) is 0 Å². The molecule has 0 unspecified atom stereocenters. The molecule has 1 radical (unpaired) electrons. The van der Waals surface area contributed by atoms with E-state index >= 15 is 0 Å². The van der Waals surface area contributed by atoms with Gasteiger partial charge in [-0.2, -0.15) is 0 Å². The molecule has 4 rings (SSSR count). The Morgan fingerprint density at radius 2 is 1.68 bits per heavy atom. The number of nitrogens with one attached hydrogen (secondary N) is 2. The number of benzene rings is 3. The van der Waals surface area contributed by atoms with Crippen LogP contribution in [0.15, 0.2) is 66.7 Å². The molecule has 2 N–H and O–H groups in total. The van der Waals surface area contributed by atoms with E-state index in [1.54, 1.807) is 0 Å².